The lowest BCUT2D eigenvalue weighted by Gasteiger charge is -2.27. The molecule has 2 aliphatic heterocycles. The third-order valence-electron chi connectivity index (χ3n) is 4.69. The predicted octanol–water partition coefficient (Wildman–Crippen LogP) is 3.50. The van der Waals surface area contributed by atoms with Crippen molar-refractivity contribution >= 4 is 11.8 Å². The Morgan fingerprint density at radius 2 is 1.69 bits per heavy atom. The lowest BCUT2D eigenvalue weighted by Crippen LogP contribution is -2.37. The van der Waals surface area contributed by atoms with Crippen molar-refractivity contribution in [3.05, 3.63) is 41.5 Å². The topological polar surface area (TPSA) is 28.1 Å². The van der Waals surface area contributed by atoms with Gasteiger partial charge in [-0.25, -0.2) is 0 Å². The molecule has 0 atom stereocenters. The minimum absolute atomic E-state index is 0.619. The SMILES string of the molecule is FC(F)(F)c1ccc(C2=CC=NN(CCCCN3CCOCC3)C2)cc1. The molecule has 0 unspecified atom stereocenters. The van der Waals surface area contributed by atoms with E-state index in [2.05, 4.69) is 10.0 Å². The van der Waals surface area contributed by atoms with E-state index >= 15 is 0 Å². The first-order chi connectivity index (χ1) is 12.5. The molecule has 0 spiro atoms. The van der Waals surface area contributed by atoms with Crippen LogP contribution in [0.3, 0.4) is 0 Å². The molecule has 4 nitrogen and oxygen atoms in total. The summed E-state index contributed by atoms with van der Waals surface area (Å²) in [7, 11) is 0. The molecular formula is C19H24F3N3O. The summed E-state index contributed by atoms with van der Waals surface area (Å²) in [6, 6.07) is 5.33. The number of halogens is 3. The van der Waals surface area contributed by atoms with Crippen LogP contribution < -0.4 is 0 Å². The van der Waals surface area contributed by atoms with Gasteiger partial charge >= 0.3 is 6.18 Å². The summed E-state index contributed by atoms with van der Waals surface area (Å²) in [6.07, 6.45) is 1.43. The van der Waals surface area contributed by atoms with Crippen molar-refractivity contribution in [2.24, 2.45) is 5.10 Å². The maximum absolute atomic E-state index is 12.7. The third kappa shape index (κ3) is 5.32. The number of nitrogens with zero attached hydrogens (tertiary/aromatic N) is 3. The predicted molar refractivity (Wildman–Crippen MR) is 96.0 cm³/mol. The van der Waals surface area contributed by atoms with E-state index in [-0.39, 0.29) is 0 Å². The van der Waals surface area contributed by atoms with Crippen molar-refractivity contribution in [1.82, 2.24) is 9.91 Å². The van der Waals surface area contributed by atoms with Crippen molar-refractivity contribution in [3.63, 3.8) is 0 Å². The van der Waals surface area contributed by atoms with Crippen LogP contribution in [0.5, 0.6) is 0 Å². The summed E-state index contributed by atoms with van der Waals surface area (Å²) in [4.78, 5) is 2.41. The van der Waals surface area contributed by atoms with Gasteiger partial charge in [-0.15, -0.1) is 0 Å². The number of hydrogen-bond acceptors (Lipinski definition) is 4. The normalized spacial score (nSPS) is 18.9. The van der Waals surface area contributed by atoms with Gasteiger partial charge in [-0.1, -0.05) is 12.1 Å². The van der Waals surface area contributed by atoms with E-state index in [4.69, 9.17) is 4.74 Å². The second-order valence-corrected chi connectivity index (χ2v) is 6.58. The van der Waals surface area contributed by atoms with Crippen molar-refractivity contribution in [3.8, 4) is 0 Å². The van der Waals surface area contributed by atoms with Crippen LogP contribution in [0.15, 0.2) is 35.4 Å². The molecule has 26 heavy (non-hydrogen) atoms. The van der Waals surface area contributed by atoms with Crippen molar-refractivity contribution in [2.45, 2.75) is 19.0 Å². The Labute approximate surface area is 151 Å². The zero-order chi connectivity index (χ0) is 18.4. The third-order valence-corrected chi connectivity index (χ3v) is 4.69. The van der Waals surface area contributed by atoms with Gasteiger partial charge in [-0.2, -0.15) is 18.3 Å². The van der Waals surface area contributed by atoms with Gasteiger partial charge in [0.05, 0.1) is 25.3 Å². The minimum Gasteiger partial charge on any atom is -0.379 e. The van der Waals surface area contributed by atoms with Crippen LogP contribution >= 0.6 is 0 Å². The number of hydrazone groups is 1. The fraction of sp³-hybridized carbons (Fsp3) is 0.526. The summed E-state index contributed by atoms with van der Waals surface area (Å²) >= 11 is 0. The monoisotopic (exact) mass is 367 g/mol. The number of rotatable bonds is 6. The Kier molecular flexibility index (Phi) is 6.32. The number of benzene rings is 1. The molecule has 142 valence electrons. The number of hydrogen-bond donors (Lipinski definition) is 0. The molecule has 3 rings (SSSR count). The van der Waals surface area contributed by atoms with Crippen molar-refractivity contribution < 1.29 is 17.9 Å². The van der Waals surface area contributed by atoms with E-state index in [1.165, 1.54) is 12.1 Å². The highest BCUT2D eigenvalue weighted by molar-refractivity contribution is 5.86. The molecule has 2 aliphatic rings. The summed E-state index contributed by atoms with van der Waals surface area (Å²) in [5, 5.41) is 6.34. The second-order valence-electron chi connectivity index (χ2n) is 6.58. The van der Waals surface area contributed by atoms with E-state index in [1.807, 2.05) is 11.1 Å². The number of ether oxygens (including phenoxy) is 1. The Morgan fingerprint density at radius 1 is 1.00 bits per heavy atom. The summed E-state index contributed by atoms with van der Waals surface area (Å²) < 4.78 is 43.4. The van der Waals surface area contributed by atoms with Crippen molar-refractivity contribution in [1.29, 1.82) is 0 Å². The molecule has 1 saturated heterocycles. The Bertz CT molecular complexity index is 634. The van der Waals surface area contributed by atoms with E-state index < -0.39 is 11.7 Å². The molecule has 1 aromatic rings. The molecule has 0 radical (unpaired) electrons. The van der Waals surface area contributed by atoms with Crippen LogP contribution in [0.4, 0.5) is 13.2 Å². The van der Waals surface area contributed by atoms with E-state index in [9.17, 15) is 13.2 Å². The van der Waals surface area contributed by atoms with Crippen LogP contribution in [0.1, 0.15) is 24.0 Å². The Morgan fingerprint density at radius 3 is 2.38 bits per heavy atom. The molecular weight excluding hydrogens is 343 g/mol. The molecule has 0 aliphatic carbocycles. The first kappa shape index (κ1) is 18.9. The molecule has 0 saturated carbocycles. The lowest BCUT2D eigenvalue weighted by molar-refractivity contribution is -0.137. The van der Waals surface area contributed by atoms with Gasteiger partial charge < -0.3 is 4.74 Å². The zero-order valence-corrected chi connectivity index (χ0v) is 14.7. The molecule has 0 N–H and O–H groups in total. The first-order valence-electron chi connectivity index (χ1n) is 8.98. The highest BCUT2D eigenvalue weighted by Gasteiger charge is 2.30. The van der Waals surface area contributed by atoms with Gasteiger partial charge in [0.2, 0.25) is 0 Å². The standard InChI is InChI=1S/C19H24F3N3O/c20-19(21,22)18-5-3-16(4-6-18)17-7-8-23-25(15-17)10-2-1-9-24-11-13-26-14-12-24/h3-8H,1-2,9-15H2. The van der Waals surface area contributed by atoms with Crippen LogP contribution in [-0.4, -0.2) is 62.1 Å². The van der Waals surface area contributed by atoms with Crippen LogP contribution in [-0.2, 0) is 10.9 Å². The summed E-state index contributed by atoms with van der Waals surface area (Å²) in [5.41, 5.74) is 1.18. The second kappa shape index (κ2) is 8.68. The molecule has 0 aromatic heterocycles. The van der Waals surface area contributed by atoms with Gasteiger partial charge in [0.1, 0.15) is 0 Å². The number of allylic oxidation sites excluding steroid dienone is 1. The fourth-order valence-corrected chi connectivity index (χ4v) is 3.16. The highest BCUT2D eigenvalue weighted by Crippen LogP contribution is 2.30. The Hall–Kier alpha value is -1.86. The number of unbranched alkanes of at least 4 members (excludes halogenated alkanes) is 1. The first-order valence-corrected chi connectivity index (χ1v) is 8.98. The fourth-order valence-electron chi connectivity index (χ4n) is 3.16. The quantitative estimate of drug-likeness (QED) is 0.721. The van der Waals surface area contributed by atoms with Crippen LogP contribution in [0.25, 0.3) is 5.57 Å². The van der Waals surface area contributed by atoms with E-state index in [0.717, 1.165) is 75.5 Å². The zero-order valence-electron chi connectivity index (χ0n) is 14.7. The van der Waals surface area contributed by atoms with Gasteiger partial charge in [0, 0.05) is 25.8 Å². The van der Waals surface area contributed by atoms with Crippen LogP contribution in [0.2, 0.25) is 0 Å². The molecule has 0 amide bonds. The molecule has 1 aromatic carbocycles. The number of morpholine rings is 1. The highest BCUT2D eigenvalue weighted by atomic mass is 19.4. The van der Waals surface area contributed by atoms with E-state index in [1.54, 1.807) is 6.21 Å². The summed E-state index contributed by atoms with van der Waals surface area (Å²) in [5.74, 6) is 0. The van der Waals surface area contributed by atoms with Gasteiger partial charge in [0.15, 0.2) is 0 Å². The van der Waals surface area contributed by atoms with E-state index in [0.29, 0.717) is 6.54 Å². The van der Waals surface area contributed by atoms with Gasteiger partial charge in [-0.3, -0.25) is 9.91 Å². The summed E-state index contributed by atoms with van der Waals surface area (Å²) in [6.45, 7) is 6.18. The maximum atomic E-state index is 12.7. The van der Waals surface area contributed by atoms with Crippen LogP contribution in [0, 0.1) is 0 Å². The number of alkyl halides is 3. The average molecular weight is 367 g/mol. The maximum Gasteiger partial charge on any atom is 0.416 e. The largest absolute Gasteiger partial charge is 0.416 e. The lowest BCUT2D eigenvalue weighted by atomic mass is 10.0. The minimum atomic E-state index is -4.30. The van der Waals surface area contributed by atoms with Crippen molar-refractivity contribution in [2.75, 3.05) is 45.9 Å². The van der Waals surface area contributed by atoms with Gasteiger partial charge in [-0.05, 0) is 48.7 Å². The molecule has 0 bridgehead atoms. The molecule has 7 heteroatoms. The Balaban J connectivity index is 1.45. The molecule has 1 fully saturated rings. The smallest absolute Gasteiger partial charge is 0.379 e. The van der Waals surface area contributed by atoms with Gasteiger partial charge in [0.25, 0.3) is 0 Å². The average Bonchev–Trinajstić information content (AvgIpc) is 2.66. The molecule has 2 heterocycles.